The van der Waals surface area contributed by atoms with Crippen molar-refractivity contribution < 1.29 is 37.2 Å². The fourth-order valence-electron chi connectivity index (χ4n) is 5.68. The molecule has 156 valence electrons. The average Bonchev–Trinajstić information content (AvgIpc) is 2.82. The first-order valence-electron chi connectivity index (χ1n) is 9.59. The number of ether oxygens (including phenoxy) is 3. The minimum atomic E-state index is -4.70. The van der Waals surface area contributed by atoms with Crippen molar-refractivity contribution in [1.82, 2.24) is 0 Å². The summed E-state index contributed by atoms with van der Waals surface area (Å²) in [5.41, 5.74) is -1.04. The number of hydrogen-bond donors (Lipinski definition) is 0. The summed E-state index contributed by atoms with van der Waals surface area (Å²) < 4.78 is 59.9. The van der Waals surface area contributed by atoms with Crippen LogP contribution in [0.2, 0.25) is 0 Å². The zero-order chi connectivity index (χ0) is 19.7. The van der Waals surface area contributed by atoms with Crippen molar-refractivity contribution in [3.63, 3.8) is 0 Å². The molecule has 0 aromatic carbocycles. The van der Waals surface area contributed by atoms with E-state index in [9.17, 15) is 13.2 Å². The van der Waals surface area contributed by atoms with Gasteiger partial charge in [0.25, 0.3) is 5.79 Å². The third-order valence-corrected chi connectivity index (χ3v) is 7.37. The lowest BCUT2D eigenvalue weighted by Crippen LogP contribution is -2.76. The number of rotatable bonds is 3. The molecule has 4 heterocycles. The third kappa shape index (κ3) is 2.75. The van der Waals surface area contributed by atoms with Gasteiger partial charge in [-0.1, -0.05) is 29.8 Å². The predicted octanol–water partition coefficient (Wildman–Crippen LogP) is 4.54. The molecule has 2 bridgehead atoms. The molecule has 27 heavy (non-hydrogen) atoms. The van der Waals surface area contributed by atoms with Crippen molar-refractivity contribution in [2.24, 2.45) is 23.7 Å². The number of fused-ring (bicyclic) bond motifs is 2. The molecule has 0 N–H and O–H groups in total. The van der Waals surface area contributed by atoms with Crippen LogP contribution in [-0.4, -0.2) is 41.6 Å². The molecule has 9 heteroatoms. The summed E-state index contributed by atoms with van der Waals surface area (Å²) in [6.45, 7) is 5.23. The van der Waals surface area contributed by atoms with Gasteiger partial charge >= 0.3 is 6.18 Å². The standard InChI is InChI=1S/C18H26BrF3O5/c1-10-4-5-13-11(2)17(18(20,21)22,23-9-8-19)25-14-16(13)12(10)6-7-15(3,24-14)26-27-16/h10-14H,4-9H2,1-3H3/t10-,11-,12+,13+,14+,15?,16-,17-/m1/s1. The van der Waals surface area contributed by atoms with Gasteiger partial charge in [0.05, 0.1) is 6.61 Å². The summed E-state index contributed by atoms with van der Waals surface area (Å²) in [6.07, 6.45) is -3.16. The molecule has 0 amide bonds. The van der Waals surface area contributed by atoms with E-state index >= 15 is 0 Å². The highest BCUT2D eigenvalue weighted by atomic mass is 79.9. The van der Waals surface area contributed by atoms with Gasteiger partial charge in [-0.3, -0.25) is 0 Å². The molecule has 5 nitrogen and oxygen atoms in total. The molecule has 5 aliphatic rings. The van der Waals surface area contributed by atoms with E-state index in [-0.39, 0.29) is 23.8 Å². The summed E-state index contributed by atoms with van der Waals surface area (Å²) in [7, 11) is 0. The molecule has 5 fully saturated rings. The summed E-state index contributed by atoms with van der Waals surface area (Å²) in [6, 6.07) is 0. The first kappa shape index (κ1) is 20.3. The number of hydrogen-bond acceptors (Lipinski definition) is 5. The van der Waals surface area contributed by atoms with Crippen molar-refractivity contribution in [1.29, 1.82) is 0 Å². The maximum absolute atomic E-state index is 14.3. The zero-order valence-corrected chi connectivity index (χ0v) is 17.3. The van der Waals surface area contributed by atoms with E-state index in [4.69, 9.17) is 24.0 Å². The molecule has 1 unspecified atom stereocenters. The van der Waals surface area contributed by atoms with Gasteiger partial charge < -0.3 is 14.2 Å². The van der Waals surface area contributed by atoms with Crippen LogP contribution in [0.3, 0.4) is 0 Å². The van der Waals surface area contributed by atoms with E-state index in [1.807, 2.05) is 0 Å². The topological polar surface area (TPSA) is 46.2 Å². The molecule has 1 aliphatic carbocycles. The second-order valence-corrected chi connectivity index (χ2v) is 9.31. The van der Waals surface area contributed by atoms with Gasteiger partial charge in [0.15, 0.2) is 11.9 Å². The molecule has 1 spiro atoms. The van der Waals surface area contributed by atoms with Gasteiger partial charge in [0.1, 0.15) is 0 Å². The summed E-state index contributed by atoms with van der Waals surface area (Å²) in [4.78, 5) is 11.5. The summed E-state index contributed by atoms with van der Waals surface area (Å²) in [5, 5.41) is 0.277. The fourth-order valence-corrected chi connectivity index (χ4v) is 5.84. The summed E-state index contributed by atoms with van der Waals surface area (Å²) in [5.74, 6) is -4.96. The largest absolute Gasteiger partial charge is 0.443 e. The Morgan fingerprint density at radius 1 is 1.07 bits per heavy atom. The van der Waals surface area contributed by atoms with Crippen LogP contribution in [0, 0.1) is 23.7 Å². The lowest BCUT2D eigenvalue weighted by atomic mass is 9.57. The molecule has 5 rings (SSSR count). The van der Waals surface area contributed by atoms with Crippen LogP contribution in [0.25, 0.3) is 0 Å². The average molecular weight is 459 g/mol. The molecular formula is C18H26BrF3O5. The van der Waals surface area contributed by atoms with E-state index < -0.39 is 41.5 Å². The van der Waals surface area contributed by atoms with Crippen molar-refractivity contribution in [3.05, 3.63) is 0 Å². The SMILES string of the molecule is C[C@@H]1CC[C@H]2[C@@H](C)[C@](OCCBr)(C(F)(F)F)O[C@@H]3OC4(C)CC[C@@H]1[C@]32OO4. The first-order chi connectivity index (χ1) is 12.6. The van der Waals surface area contributed by atoms with Crippen molar-refractivity contribution >= 4 is 15.9 Å². The van der Waals surface area contributed by atoms with E-state index in [1.54, 1.807) is 13.8 Å². The van der Waals surface area contributed by atoms with Crippen molar-refractivity contribution in [2.75, 3.05) is 11.9 Å². The van der Waals surface area contributed by atoms with E-state index in [0.717, 1.165) is 12.8 Å². The molecule has 1 saturated carbocycles. The van der Waals surface area contributed by atoms with Crippen molar-refractivity contribution in [3.8, 4) is 0 Å². The fraction of sp³-hybridized carbons (Fsp3) is 1.00. The van der Waals surface area contributed by atoms with Crippen LogP contribution < -0.4 is 0 Å². The highest BCUT2D eigenvalue weighted by Gasteiger charge is 2.77. The number of alkyl halides is 4. The Kier molecular flexibility index (Phi) is 4.93. The second kappa shape index (κ2) is 6.54. The molecule has 8 atom stereocenters. The summed E-state index contributed by atoms with van der Waals surface area (Å²) >= 11 is 3.15. The van der Waals surface area contributed by atoms with Crippen LogP contribution in [0.1, 0.15) is 46.5 Å². The maximum Gasteiger partial charge on any atom is 0.443 e. The highest BCUT2D eigenvalue weighted by molar-refractivity contribution is 9.09. The Balaban J connectivity index is 1.82. The van der Waals surface area contributed by atoms with Gasteiger partial charge in [-0.2, -0.15) is 13.2 Å². The van der Waals surface area contributed by atoms with Gasteiger partial charge in [-0.15, -0.1) is 0 Å². The quantitative estimate of drug-likeness (QED) is 0.458. The van der Waals surface area contributed by atoms with E-state index in [1.165, 1.54) is 0 Å². The van der Waals surface area contributed by atoms with Gasteiger partial charge in [-0.25, -0.2) is 9.78 Å². The van der Waals surface area contributed by atoms with Gasteiger partial charge in [0.2, 0.25) is 5.79 Å². The molecule has 4 aliphatic heterocycles. The van der Waals surface area contributed by atoms with Crippen LogP contribution in [0.4, 0.5) is 13.2 Å². The van der Waals surface area contributed by atoms with Gasteiger partial charge in [0, 0.05) is 23.6 Å². The van der Waals surface area contributed by atoms with Gasteiger partial charge in [-0.05, 0) is 38.0 Å². The van der Waals surface area contributed by atoms with Crippen LogP contribution >= 0.6 is 15.9 Å². The van der Waals surface area contributed by atoms with Crippen LogP contribution in [0.5, 0.6) is 0 Å². The minimum Gasteiger partial charge on any atom is -0.341 e. The highest BCUT2D eigenvalue weighted by Crippen LogP contribution is 2.64. The molecule has 0 aromatic rings. The van der Waals surface area contributed by atoms with Crippen LogP contribution in [0.15, 0.2) is 0 Å². The zero-order valence-electron chi connectivity index (χ0n) is 15.7. The Morgan fingerprint density at radius 3 is 2.48 bits per heavy atom. The minimum absolute atomic E-state index is 0.00966. The molecule has 0 radical (unpaired) electrons. The normalized spacial score (nSPS) is 52.3. The van der Waals surface area contributed by atoms with E-state index in [2.05, 4.69) is 22.9 Å². The molecule has 4 saturated heterocycles. The lowest BCUT2D eigenvalue weighted by Gasteiger charge is -2.62. The molecule has 0 aromatic heterocycles. The number of halogens is 4. The second-order valence-electron chi connectivity index (χ2n) is 8.52. The lowest BCUT2D eigenvalue weighted by molar-refractivity contribution is -0.598. The maximum atomic E-state index is 14.3. The Morgan fingerprint density at radius 2 is 1.81 bits per heavy atom. The monoisotopic (exact) mass is 458 g/mol. The van der Waals surface area contributed by atoms with E-state index in [0.29, 0.717) is 12.8 Å². The van der Waals surface area contributed by atoms with Crippen LogP contribution in [-0.2, 0) is 24.0 Å². The molecular weight excluding hydrogens is 433 g/mol. The Bertz CT molecular complexity index is 592. The first-order valence-corrected chi connectivity index (χ1v) is 10.7. The third-order valence-electron chi connectivity index (χ3n) is 7.05. The Hall–Kier alpha value is 0.0700. The van der Waals surface area contributed by atoms with Crippen molar-refractivity contribution in [2.45, 2.75) is 76.1 Å². The Labute approximate surface area is 165 Å². The smallest absolute Gasteiger partial charge is 0.341 e. The predicted molar refractivity (Wildman–Crippen MR) is 91.6 cm³/mol.